The monoisotopic (exact) mass is 244 g/mol. The van der Waals surface area contributed by atoms with Crippen molar-refractivity contribution in [2.75, 3.05) is 12.5 Å². The van der Waals surface area contributed by atoms with Gasteiger partial charge in [-0.05, 0) is 12.1 Å². The number of nitrogens with one attached hydrogen (secondary N) is 1. The number of anilines is 1. The van der Waals surface area contributed by atoms with Gasteiger partial charge in [-0.25, -0.2) is 0 Å². The number of ether oxygens (including phenoxy) is 1. The van der Waals surface area contributed by atoms with E-state index in [9.17, 15) is 4.79 Å². The molecule has 0 saturated carbocycles. The van der Waals surface area contributed by atoms with E-state index in [2.05, 4.69) is 10.5 Å². The quantitative estimate of drug-likeness (QED) is 0.660. The van der Waals surface area contributed by atoms with Gasteiger partial charge in [0.1, 0.15) is 6.26 Å². The SMILES string of the molecule is COc1coc(/C=N/Nc2ccccc2)cc1=O. The van der Waals surface area contributed by atoms with Crippen LogP contribution in [0.5, 0.6) is 5.75 Å². The van der Waals surface area contributed by atoms with Crippen LogP contribution in [-0.4, -0.2) is 13.3 Å². The number of nitrogens with zero attached hydrogens (tertiary/aromatic N) is 1. The third-order valence-corrected chi connectivity index (χ3v) is 2.20. The molecule has 5 nitrogen and oxygen atoms in total. The molecule has 18 heavy (non-hydrogen) atoms. The van der Waals surface area contributed by atoms with Gasteiger partial charge in [0, 0.05) is 6.07 Å². The molecule has 1 heterocycles. The Kier molecular flexibility index (Phi) is 3.76. The Morgan fingerprint density at radius 3 is 2.78 bits per heavy atom. The minimum absolute atomic E-state index is 0.170. The highest BCUT2D eigenvalue weighted by Gasteiger charge is 2.00. The molecule has 0 spiro atoms. The summed E-state index contributed by atoms with van der Waals surface area (Å²) in [5, 5.41) is 3.96. The zero-order chi connectivity index (χ0) is 12.8. The third kappa shape index (κ3) is 2.98. The topological polar surface area (TPSA) is 63.8 Å². The molecule has 2 aromatic rings. The first-order valence-corrected chi connectivity index (χ1v) is 5.30. The van der Waals surface area contributed by atoms with Crippen molar-refractivity contribution in [3.63, 3.8) is 0 Å². The lowest BCUT2D eigenvalue weighted by Gasteiger charge is -1.99. The average Bonchev–Trinajstić information content (AvgIpc) is 2.40. The van der Waals surface area contributed by atoms with Crippen molar-refractivity contribution in [2.24, 2.45) is 5.10 Å². The van der Waals surface area contributed by atoms with Crippen LogP contribution in [0.4, 0.5) is 5.69 Å². The zero-order valence-corrected chi connectivity index (χ0v) is 9.79. The molecular weight excluding hydrogens is 232 g/mol. The summed E-state index contributed by atoms with van der Waals surface area (Å²) in [6.45, 7) is 0. The van der Waals surface area contributed by atoms with Crippen molar-refractivity contribution in [2.45, 2.75) is 0 Å². The maximum atomic E-state index is 11.4. The second kappa shape index (κ2) is 5.67. The molecule has 0 radical (unpaired) electrons. The van der Waals surface area contributed by atoms with Crippen molar-refractivity contribution < 1.29 is 9.15 Å². The fourth-order valence-electron chi connectivity index (χ4n) is 1.31. The number of para-hydroxylation sites is 1. The van der Waals surface area contributed by atoms with Gasteiger partial charge in [-0.3, -0.25) is 10.2 Å². The van der Waals surface area contributed by atoms with E-state index in [0.29, 0.717) is 5.76 Å². The normalized spacial score (nSPS) is 10.5. The number of benzene rings is 1. The smallest absolute Gasteiger partial charge is 0.227 e. The van der Waals surface area contributed by atoms with Gasteiger partial charge in [-0.15, -0.1) is 0 Å². The van der Waals surface area contributed by atoms with Crippen LogP contribution in [0, 0.1) is 0 Å². The van der Waals surface area contributed by atoms with Crippen LogP contribution in [0.15, 0.2) is 57.0 Å². The number of hydrazone groups is 1. The number of methoxy groups -OCH3 is 1. The highest BCUT2D eigenvalue weighted by atomic mass is 16.5. The molecule has 2 rings (SSSR count). The van der Waals surface area contributed by atoms with Crippen molar-refractivity contribution in [1.82, 2.24) is 0 Å². The lowest BCUT2D eigenvalue weighted by Crippen LogP contribution is -2.04. The largest absolute Gasteiger partial charge is 0.490 e. The van der Waals surface area contributed by atoms with Gasteiger partial charge in [-0.1, -0.05) is 18.2 Å². The molecule has 0 saturated heterocycles. The Morgan fingerprint density at radius 1 is 1.33 bits per heavy atom. The van der Waals surface area contributed by atoms with Gasteiger partial charge in [-0.2, -0.15) is 5.10 Å². The maximum absolute atomic E-state index is 11.4. The second-order valence-electron chi connectivity index (χ2n) is 3.45. The van der Waals surface area contributed by atoms with Gasteiger partial charge < -0.3 is 9.15 Å². The Balaban J connectivity index is 2.06. The molecule has 0 fully saturated rings. The van der Waals surface area contributed by atoms with Crippen LogP contribution in [0.3, 0.4) is 0 Å². The summed E-state index contributed by atoms with van der Waals surface area (Å²) in [5.41, 5.74) is 3.42. The Bertz CT molecular complexity index is 591. The second-order valence-corrected chi connectivity index (χ2v) is 3.45. The first-order valence-electron chi connectivity index (χ1n) is 5.30. The van der Waals surface area contributed by atoms with Crippen LogP contribution in [0.2, 0.25) is 0 Å². The van der Waals surface area contributed by atoms with E-state index in [1.807, 2.05) is 30.3 Å². The molecule has 1 N–H and O–H groups in total. The summed E-state index contributed by atoms with van der Waals surface area (Å²) in [7, 11) is 1.41. The predicted molar refractivity (Wildman–Crippen MR) is 69.2 cm³/mol. The summed E-state index contributed by atoms with van der Waals surface area (Å²) in [4.78, 5) is 11.4. The molecule has 0 bridgehead atoms. The Morgan fingerprint density at radius 2 is 2.11 bits per heavy atom. The maximum Gasteiger partial charge on any atom is 0.227 e. The summed E-state index contributed by atoms with van der Waals surface area (Å²) in [5.74, 6) is 0.521. The van der Waals surface area contributed by atoms with E-state index in [0.717, 1.165) is 5.69 Å². The third-order valence-electron chi connectivity index (χ3n) is 2.20. The lowest BCUT2D eigenvalue weighted by molar-refractivity contribution is 0.386. The molecule has 92 valence electrons. The number of hydrogen-bond donors (Lipinski definition) is 1. The van der Waals surface area contributed by atoms with E-state index >= 15 is 0 Å². The summed E-state index contributed by atoms with van der Waals surface area (Å²) >= 11 is 0. The number of rotatable bonds is 4. The Hall–Kier alpha value is -2.56. The van der Waals surface area contributed by atoms with Gasteiger partial charge >= 0.3 is 0 Å². The van der Waals surface area contributed by atoms with Crippen molar-refractivity contribution >= 4 is 11.9 Å². The molecule has 1 aromatic heterocycles. The molecule has 0 amide bonds. The zero-order valence-electron chi connectivity index (χ0n) is 9.79. The molecule has 5 heteroatoms. The van der Waals surface area contributed by atoms with Crippen molar-refractivity contribution in [3.05, 3.63) is 58.6 Å². The summed E-state index contributed by atoms with van der Waals surface area (Å²) in [6, 6.07) is 10.8. The van der Waals surface area contributed by atoms with Crippen LogP contribution < -0.4 is 15.6 Å². The molecular formula is C13H12N2O3. The van der Waals surface area contributed by atoms with Crippen LogP contribution in [0.1, 0.15) is 5.76 Å². The molecule has 1 aromatic carbocycles. The molecule has 0 aliphatic rings. The fourth-order valence-corrected chi connectivity index (χ4v) is 1.31. The Labute approximate surface area is 104 Å². The first-order chi connectivity index (χ1) is 8.79. The minimum atomic E-state index is -0.245. The summed E-state index contributed by atoms with van der Waals surface area (Å²) in [6.07, 6.45) is 2.68. The van der Waals surface area contributed by atoms with Crippen molar-refractivity contribution in [3.8, 4) is 5.75 Å². The van der Waals surface area contributed by atoms with Gasteiger partial charge in [0.05, 0.1) is 19.0 Å². The van der Waals surface area contributed by atoms with E-state index in [1.54, 1.807) is 0 Å². The van der Waals surface area contributed by atoms with E-state index in [-0.39, 0.29) is 11.2 Å². The first kappa shape index (κ1) is 11.9. The molecule has 0 unspecified atom stereocenters. The van der Waals surface area contributed by atoms with Gasteiger partial charge in [0.15, 0.2) is 5.76 Å². The van der Waals surface area contributed by atoms with E-state index in [4.69, 9.17) is 9.15 Å². The standard InChI is InChI=1S/C13H12N2O3/c1-17-13-9-18-11(7-12(13)16)8-14-15-10-5-3-2-4-6-10/h2-9,15H,1H3/b14-8+. The molecule has 0 aliphatic heterocycles. The van der Waals surface area contributed by atoms with Crippen LogP contribution in [0.25, 0.3) is 0 Å². The lowest BCUT2D eigenvalue weighted by atomic mass is 10.3. The molecule has 0 atom stereocenters. The van der Waals surface area contributed by atoms with E-state index < -0.39 is 0 Å². The molecule has 0 aliphatic carbocycles. The van der Waals surface area contributed by atoms with E-state index in [1.165, 1.54) is 25.7 Å². The average molecular weight is 244 g/mol. The van der Waals surface area contributed by atoms with Crippen molar-refractivity contribution in [1.29, 1.82) is 0 Å². The fraction of sp³-hybridized carbons (Fsp3) is 0.0769. The minimum Gasteiger partial charge on any atom is -0.490 e. The van der Waals surface area contributed by atoms with Crippen LogP contribution >= 0.6 is 0 Å². The highest BCUT2D eigenvalue weighted by molar-refractivity contribution is 5.76. The summed E-state index contributed by atoms with van der Waals surface area (Å²) < 4.78 is 9.96. The predicted octanol–water partition coefficient (Wildman–Crippen LogP) is 2.09. The van der Waals surface area contributed by atoms with Gasteiger partial charge in [0.25, 0.3) is 0 Å². The highest BCUT2D eigenvalue weighted by Crippen LogP contribution is 2.05. The van der Waals surface area contributed by atoms with Gasteiger partial charge in [0.2, 0.25) is 11.2 Å². The van der Waals surface area contributed by atoms with Crippen LogP contribution in [-0.2, 0) is 0 Å². The number of hydrogen-bond acceptors (Lipinski definition) is 5.